The molecule has 5 heterocycles. The fourth-order valence-corrected chi connectivity index (χ4v) is 4.92. The number of nitriles is 1. The number of carbonyl (C=O) groups excluding carboxylic acids is 1. The van der Waals surface area contributed by atoms with E-state index < -0.39 is 0 Å². The summed E-state index contributed by atoms with van der Waals surface area (Å²) in [6.07, 6.45) is 4.74. The minimum atomic E-state index is -0.292. The zero-order valence-corrected chi connectivity index (χ0v) is 24.1. The number of rotatable bonds is 9. The summed E-state index contributed by atoms with van der Waals surface area (Å²) in [5, 5.41) is 19.1. The van der Waals surface area contributed by atoms with Crippen molar-refractivity contribution in [2.75, 3.05) is 40.5 Å². The zero-order chi connectivity index (χ0) is 29.8. The maximum atomic E-state index is 12.7. The number of furan rings is 1. The lowest BCUT2D eigenvalue weighted by Crippen LogP contribution is -2.29. The van der Waals surface area contributed by atoms with Gasteiger partial charge in [0.1, 0.15) is 29.1 Å². The molecular formula is C31H33N5O6. The fraction of sp³-hybridized carbons (Fsp3) is 0.387. The third-order valence-corrected chi connectivity index (χ3v) is 7.21. The van der Waals surface area contributed by atoms with Gasteiger partial charge in [0.25, 0.3) is 5.91 Å². The highest BCUT2D eigenvalue weighted by atomic mass is 16.5. The van der Waals surface area contributed by atoms with Crippen molar-refractivity contribution in [1.82, 2.24) is 19.9 Å². The van der Waals surface area contributed by atoms with Gasteiger partial charge in [-0.25, -0.2) is 9.97 Å². The largest absolute Gasteiger partial charge is 0.494 e. The predicted octanol–water partition coefficient (Wildman–Crippen LogP) is 4.58. The quantitative estimate of drug-likeness (QED) is 0.303. The summed E-state index contributed by atoms with van der Waals surface area (Å²) in [7, 11) is 3.10. The van der Waals surface area contributed by atoms with Crippen LogP contribution in [-0.4, -0.2) is 77.5 Å². The second-order valence-electron chi connectivity index (χ2n) is 10.4. The Morgan fingerprint density at radius 2 is 1.98 bits per heavy atom. The molecule has 0 radical (unpaired) electrons. The minimum Gasteiger partial charge on any atom is -0.494 e. The first-order valence-corrected chi connectivity index (χ1v) is 13.8. The highest BCUT2D eigenvalue weighted by Gasteiger charge is 2.24. The number of aliphatic hydroxyl groups excluding tert-OH is 1. The number of nitrogens with zero attached hydrogens (tertiary/aromatic N) is 5. The van der Waals surface area contributed by atoms with Crippen LogP contribution in [0.5, 0.6) is 11.5 Å². The van der Waals surface area contributed by atoms with Crippen molar-refractivity contribution < 1.29 is 28.5 Å². The molecule has 0 bridgehead atoms. The van der Waals surface area contributed by atoms with Crippen molar-refractivity contribution in [3.63, 3.8) is 0 Å². The molecule has 5 rings (SSSR count). The average molecular weight is 572 g/mol. The number of amides is 1. The van der Waals surface area contributed by atoms with Gasteiger partial charge in [-0.15, -0.1) is 0 Å². The zero-order valence-electron chi connectivity index (χ0n) is 24.1. The molecule has 1 amide bonds. The van der Waals surface area contributed by atoms with Crippen LogP contribution in [0, 0.1) is 11.3 Å². The van der Waals surface area contributed by atoms with E-state index in [0.29, 0.717) is 58.5 Å². The number of hydrogen-bond acceptors (Lipinski definition) is 10. The Kier molecular flexibility index (Phi) is 8.66. The van der Waals surface area contributed by atoms with Crippen LogP contribution in [0.25, 0.3) is 33.8 Å². The van der Waals surface area contributed by atoms with Gasteiger partial charge in [-0.3, -0.25) is 9.78 Å². The second kappa shape index (κ2) is 12.5. The monoisotopic (exact) mass is 571 g/mol. The molecule has 0 spiro atoms. The number of hydrogen-bond donors (Lipinski definition) is 1. The number of likely N-dealkylation sites (N-methyl/N-ethyl adjacent to an activating group) is 1. The normalized spacial score (nSPS) is 13.7. The van der Waals surface area contributed by atoms with Crippen molar-refractivity contribution in [2.45, 2.75) is 38.7 Å². The maximum Gasteiger partial charge on any atom is 0.255 e. The molecular weight excluding hydrogens is 538 g/mol. The van der Waals surface area contributed by atoms with Crippen molar-refractivity contribution >= 4 is 17.0 Å². The van der Waals surface area contributed by atoms with E-state index in [1.807, 2.05) is 6.07 Å². The van der Waals surface area contributed by atoms with Gasteiger partial charge in [0.2, 0.25) is 0 Å². The molecule has 4 aromatic rings. The molecule has 1 aliphatic rings. The van der Waals surface area contributed by atoms with Gasteiger partial charge in [-0.2, -0.15) is 5.26 Å². The van der Waals surface area contributed by atoms with E-state index in [9.17, 15) is 15.2 Å². The van der Waals surface area contributed by atoms with Crippen LogP contribution in [0.2, 0.25) is 0 Å². The van der Waals surface area contributed by atoms with Gasteiger partial charge in [0, 0.05) is 44.9 Å². The SMILES string of the molecule is COc1cc(C(=O)N(C)CCO)cnc1-c1cc2ncc(C(C)C)c(-c3ccc(OC4CCOCC4)c(C#N)n3)c2o1. The summed E-state index contributed by atoms with van der Waals surface area (Å²) in [5.74, 6) is 0.990. The van der Waals surface area contributed by atoms with Crippen molar-refractivity contribution in [3.05, 3.63) is 53.5 Å². The summed E-state index contributed by atoms with van der Waals surface area (Å²) >= 11 is 0. The number of ether oxygens (including phenoxy) is 3. The van der Waals surface area contributed by atoms with Crippen molar-refractivity contribution in [3.8, 4) is 40.3 Å². The molecule has 11 heteroatoms. The van der Waals surface area contributed by atoms with E-state index in [1.165, 1.54) is 18.2 Å². The van der Waals surface area contributed by atoms with Crippen LogP contribution in [-0.2, 0) is 4.74 Å². The maximum absolute atomic E-state index is 12.7. The Balaban J connectivity index is 1.57. The number of carbonyl (C=O) groups is 1. The number of pyridine rings is 3. The van der Waals surface area contributed by atoms with Gasteiger partial charge in [-0.1, -0.05) is 13.8 Å². The third-order valence-electron chi connectivity index (χ3n) is 7.21. The first-order chi connectivity index (χ1) is 20.3. The molecule has 0 saturated carbocycles. The minimum absolute atomic E-state index is 0.0239. The van der Waals surface area contributed by atoms with E-state index in [4.69, 9.17) is 23.6 Å². The van der Waals surface area contributed by atoms with Gasteiger partial charge in [0.15, 0.2) is 22.8 Å². The van der Waals surface area contributed by atoms with Gasteiger partial charge < -0.3 is 28.6 Å². The molecule has 1 aliphatic heterocycles. The van der Waals surface area contributed by atoms with Crippen LogP contribution in [0.15, 0.2) is 41.1 Å². The average Bonchev–Trinajstić information content (AvgIpc) is 3.45. The van der Waals surface area contributed by atoms with Crippen LogP contribution in [0.3, 0.4) is 0 Å². The van der Waals surface area contributed by atoms with Gasteiger partial charge in [0.05, 0.1) is 43.8 Å². The predicted molar refractivity (Wildman–Crippen MR) is 154 cm³/mol. The molecule has 1 saturated heterocycles. The van der Waals surface area contributed by atoms with Crippen molar-refractivity contribution in [2.24, 2.45) is 0 Å². The molecule has 42 heavy (non-hydrogen) atoms. The summed E-state index contributed by atoms with van der Waals surface area (Å²) in [6, 6.07) is 9.16. The molecule has 1 fully saturated rings. The number of aliphatic hydroxyl groups is 1. The first-order valence-electron chi connectivity index (χ1n) is 13.8. The molecule has 1 N–H and O–H groups in total. The van der Waals surface area contributed by atoms with Crippen molar-refractivity contribution in [1.29, 1.82) is 5.26 Å². The fourth-order valence-electron chi connectivity index (χ4n) is 4.92. The first kappa shape index (κ1) is 29.0. The molecule has 218 valence electrons. The Labute approximate surface area is 243 Å². The molecule has 0 unspecified atom stereocenters. The summed E-state index contributed by atoms with van der Waals surface area (Å²) < 4.78 is 23.5. The number of aromatic nitrogens is 3. The highest BCUT2D eigenvalue weighted by molar-refractivity contribution is 5.96. The topological polar surface area (TPSA) is 144 Å². The summed E-state index contributed by atoms with van der Waals surface area (Å²) in [5.41, 5.74) is 4.20. The number of fused-ring (bicyclic) bond motifs is 1. The van der Waals surface area contributed by atoms with E-state index in [1.54, 1.807) is 31.4 Å². The Morgan fingerprint density at radius 3 is 2.67 bits per heavy atom. The second-order valence-corrected chi connectivity index (χ2v) is 10.4. The molecule has 11 nitrogen and oxygen atoms in total. The lowest BCUT2D eigenvalue weighted by Gasteiger charge is -2.23. The molecule has 0 aliphatic carbocycles. The highest BCUT2D eigenvalue weighted by Crippen LogP contribution is 2.40. The van der Waals surface area contributed by atoms with E-state index in [0.717, 1.165) is 24.0 Å². The van der Waals surface area contributed by atoms with Crippen LogP contribution < -0.4 is 9.47 Å². The Hall–Kier alpha value is -4.53. The molecule has 0 aromatic carbocycles. The standard InChI is InChI=1S/C31H33N5O6/c1-18(2)21-17-33-23-14-27(29-26(39-4)13-19(16-34-29)31(38)36(3)9-10-37)42-30(23)28(21)22-5-6-25(24(15-32)35-22)41-20-7-11-40-12-8-20/h5-6,13-14,16-18,20,37H,7-12H2,1-4H3. The Morgan fingerprint density at radius 1 is 1.19 bits per heavy atom. The van der Waals surface area contributed by atoms with E-state index in [2.05, 4.69) is 29.9 Å². The van der Waals surface area contributed by atoms with Gasteiger partial charge >= 0.3 is 0 Å². The Bertz CT molecular complexity index is 1640. The van der Waals surface area contributed by atoms with Crippen LogP contribution in [0.4, 0.5) is 0 Å². The van der Waals surface area contributed by atoms with Crippen LogP contribution >= 0.6 is 0 Å². The lowest BCUT2D eigenvalue weighted by molar-refractivity contribution is 0.0253. The third kappa shape index (κ3) is 5.77. The smallest absolute Gasteiger partial charge is 0.255 e. The molecule has 0 atom stereocenters. The van der Waals surface area contributed by atoms with Crippen LogP contribution in [0.1, 0.15) is 54.2 Å². The number of methoxy groups -OCH3 is 1. The van der Waals surface area contributed by atoms with E-state index in [-0.39, 0.29) is 36.8 Å². The molecule has 4 aromatic heterocycles. The van der Waals surface area contributed by atoms with Gasteiger partial charge in [-0.05, 0) is 29.7 Å². The van der Waals surface area contributed by atoms with E-state index >= 15 is 0 Å². The summed E-state index contributed by atoms with van der Waals surface area (Å²) in [4.78, 5) is 28.0. The summed E-state index contributed by atoms with van der Waals surface area (Å²) in [6.45, 7) is 5.42. The lowest BCUT2D eigenvalue weighted by atomic mass is 9.96.